The summed E-state index contributed by atoms with van der Waals surface area (Å²) < 4.78 is 1.80. The van der Waals surface area contributed by atoms with Gasteiger partial charge < -0.3 is 5.32 Å². The highest BCUT2D eigenvalue weighted by Crippen LogP contribution is 2.26. The molecule has 0 heterocycles. The fourth-order valence-electron chi connectivity index (χ4n) is 1.39. The molecule has 0 aliphatic carbocycles. The maximum atomic E-state index is 12.0. The van der Waals surface area contributed by atoms with Crippen molar-refractivity contribution in [2.75, 3.05) is 5.32 Å². The highest BCUT2D eigenvalue weighted by Gasteiger charge is 2.08. The zero-order valence-corrected chi connectivity index (χ0v) is 13.0. The van der Waals surface area contributed by atoms with Crippen molar-refractivity contribution in [3.63, 3.8) is 0 Å². The van der Waals surface area contributed by atoms with Gasteiger partial charge in [-0.1, -0.05) is 43.5 Å². The van der Waals surface area contributed by atoms with Crippen molar-refractivity contribution < 1.29 is 4.79 Å². The summed E-state index contributed by atoms with van der Waals surface area (Å²) in [7, 11) is 0. The SMILES string of the molecule is O=C(Nc1ccc(Br)cc1Cl)c1ccc(Br)cc1. The maximum absolute atomic E-state index is 12.0. The van der Waals surface area contributed by atoms with E-state index in [9.17, 15) is 4.79 Å². The van der Waals surface area contributed by atoms with Crippen LogP contribution >= 0.6 is 43.5 Å². The predicted octanol–water partition coefficient (Wildman–Crippen LogP) is 5.12. The molecule has 1 N–H and O–H groups in total. The minimum Gasteiger partial charge on any atom is -0.321 e. The topological polar surface area (TPSA) is 29.1 Å². The van der Waals surface area contributed by atoms with E-state index in [2.05, 4.69) is 37.2 Å². The third-order valence-electron chi connectivity index (χ3n) is 2.29. The van der Waals surface area contributed by atoms with Crippen LogP contribution in [0.25, 0.3) is 0 Å². The first-order valence-electron chi connectivity index (χ1n) is 5.08. The zero-order chi connectivity index (χ0) is 13.1. The molecule has 18 heavy (non-hydrogen) atoms. The summed E-state index contributed by atoms with van der Waals surface area (Å²) in [6, 6.07) is 12.4. The van der Waals surface area contributed by atoms with Crippen molar-refractivity contribution in [2.45, 2.75) is 0 Å². The Hall–Kier alpha value is -0.840. The summed E-state index contributed by atoms with van der Waals surface area (Å²) >= 11 is 12.7. The molecule has 0 unspecified atom stereocenters. The Labute approximate surface area is 127 Å². The molecule has 0 aliphatic heterocycles. The number of rotatable bonds is 2. The van der Waals surface area contributed by atoms with Crippen LogP contribution in [0.4, 0.5) is 5.69 Å². The van der Waals surface area contributed by atoms with Crippen molar-refractivity contribution >= 4 is 55.1 Å². The molecule has 0 aliphatic rings. The number of hydrogen-bond acceptors (Lipinski definition) is 1. The molecule has 0 radical (unpaired) electrons. The molecule has 5 heteroatoms. The summed E-state index contributed by atoms with van der Waals surface area (Å²) in [5.74, 6) is -0.188. The molecule has 0 fully saturated rings. The molecular weight excluding hydrogens is 381 g/mol. The van der Waals surface area contributed by atoms with Gasteiger partial charge in [-0.15, -0.1) is 0 Å². The molecule has 0 saturated heterocycles. The number of anilines is 1. The Morgan fingerprint density at radius 1 is 1.00 bits per heavy atom. The van der Waals surface area contributed by atoms with Crippen LogP contribution in [0.3, 0.4) is 0 Å². The van der Waals surface area contributed by atoms with Gasteiger partial charge in [0.15, 0.2) is 0 Å². The minimum atomic E-state index is -0.188. The van der Waals surface area contributed by atoms with Crippen LogP contribution in [-0.4, -0.2) is 5.91 Å². The second-order valence-electron chi connectivity index (χ2n) is 3.59. The molecule has 2 aromatic carbocycles. The Balaban J connectivity index is 2.18. The average Bonchev–Trinajstić information content (AvgIpc) is 2.33. The van der Waals surface area contributed by atoms with Crippen molar-refractivity contribution in [2.24, 2.45) is 0 Å². The van der Waals surface area contributed by atoms with Crippen LogP contribution in [-0.2, 0) is 0 Å². The summed E-state index contributed by atoms with van der Waals surface area (Å²) in [5, 5.41) is 3.26. The molecule has 2 rings (SSSR count). The Morgan fingerprint density at radius 2 is 1.61 bits per heavy atom. The number of carbonyl (C=O) groups is 1. The van der Waals surface area contributed by atoms with Gasteiger partial charge >= 0.3 is 0 Å². The molecule has 0 aromatic heterocycles. The van der Waals surface area contributed by atoms with E-state index >= 15 is 0 Å². The van der Waals surface area contributed by atoms with Gasteiger partial charge in [0.1, 0.15) is 0 Å². The summed E-state index contributed by atoms with van der Waals surface area (Å²) in [6.45, 7) is 0. The number of nitrogens with one attached hydrogen (secondary N) is 1. The average molecular weight is 389 g/mol. The van der Waals surface area contributed by atoms with E-state index in [4.69, 9.17) is 11.6 Å². The summed E-state index contributed by atoms with van der Waals surface area (Å²) in [5.41, 5.74) is 1.17. The normalized spacial score (nSPS) is 10.2. The van der Waals surface area contributed by atoms with Crippen LogP contribution in [0, 0.1) is 0 Å². The van der Waals surface area contributed by atoms with Gasteiger partial charge in [-0.25, -0.2) is 0 Å². The number of halogens is 3. The Kier molecular flexibility index (Phi) is 4.43. The zero-order valence-electron chi connectivity index (χ0n) is 9.08. The number of benzene rings is 2. The van der Waals surface area contributed by atoms with Gasteiger partial charge in [-0.05, 0) is 42.5 Å². The van der Waals surface area contributed by atoms with Gasteiger partial charge in [-0.2, -0.15) is 0 Å². The van der Waals surface area contributed by atoms with Gasteiger partial charge in [-0.3, -0.25) is 4.79 Å². The maximum Gasteiger partial charge on any atom is 0.255 e. The minimum absolute atomic E-state index is 0.188. The lowest BCUT2D eigenvalue weighted by molar-refractivity contribution is 0.102. The first-order chi connectivity index (χ1) is 8.56. The second kappa shape index (κ2) is 5.87. The molecule has 0 atom stereocenters. The third-order valence-corrected chi connectivity index (χ3v) is 3.62. The van der Waals surface area contributed by atoms with Gasteiger partial charge in [0.05, 0.1) is 10.7 Å². The molecular formula is C13H8Br2ClNO. The largest absolute Gasteiger partial charge is 0.321 e. The fourth-order valence-corrected chi connectivity index (χ4v) is 2.37. The highest BCUT2D eigenvalue weighted by molar-refractivity contribution is 9.10. The predicted molar refractivity (Wildman–Crippen MR) is 81.2 cm³/mol. The third kappa shape index (κ3) is 3.34. The molecule has 2 nitrogen and oxygen atoms in total. The van der Waals surface area contributed by atoms with E-state index in [-0.39, 0.29) is 5.91 Å². The van der Waals surface area contributed by atoms with E-state index in [0.29, 0.717) is 16.3 Å². The number of hydrogen-bond donors (Lipinski definition) is 1. The van der Waals surface area contributed by atoms with E-state index in [0.717, 1.165) is 8.95 Å². The van der Waals surface area contributed by atoms with Crippen LogP contribution in [0.5, 0.6) is 0 Å². The highest BCUT2D eigenvalue weighted by atomic mass is 79.9. The summed E-state index contributed by atoms with van der Waals surface area (Å²) in [4.78, 5) is 12.0. The van der Waals surface area contributed by atoms with E-state index in [1.807, 2.05) is 18.2 Å². The van der Waals surface area contributed by atoms with Gasteiger partial charge in [0, 0.05) is 14.5 Å². The van der Waals surface area contributed by atoms with Crippen molar-refractivity contribution in [3.05, 3.63) is 62.0 Å². The molecule has 1 amide bonds. The monoisotopic (exact) mass is 387 g/mol. The molecule has 0 saturated carbocycles. The van der Waals surface area contributed by atoms with Crippen molar-refractivity contribution in [1.82, 2.24) is 0 Å². The molecule has 0 bridgehead atoms. The standard InChI is InChI=1S/C13H8Br2ClNO/c14-9-3-1-8(2-4-9)13(18)17-12-6-5-10(15)7-11(12)16/h1-7H,(H,17,18). The first kappa shape index (κ1) is 13.6. The Morgan fingerprint density at radius 3 is 2.22 bits per heavy atom. The lowest BCUT2D eigenvalue weighted by atomic mass is 10.2. The smallest absolute Gasteiger partial charge is 0.255 e. The quantitative estimate of drug-likeness (QED) is 0.759. The van der Waals surface area contributed by atoms with Crippen molar-refractivity contribution in [1.29, 1.82) is 0 Å². The lowest BCUT2D eigenvalue weighted by Gasteiger charge is -2.07. The molecule has 2 aromatic rings. The van der Waals surface area contributed by atoms with Crippen LogP contribution < -0.4 is 5.32 Å². The molecule has 0 spiro atoms. The lowest BCUT2D eigenvalue weighted by Crippen LogP contribution is -2.11. The number of amides is 1. The van der Waals surface area contributed by atoms with Crippen LogP contribution in [0.15, 0.2) is 51.4 Å². The van der Waals surface area contributed by atoms with Crippen molar-refractivity contribution in [3.8, 4) is 0 Å². The van der Waals surface area contributed by atoms with Gasteiger partial charge in [0.2, 0.25) is 0 Å². The van der Waals surface area contributed by atoms with E-state index in [1.165, 1.54) is 0 Å². The molecule has 92 valence electrons. The van der Waals surface area contributed by atoms with Crippen LogP contribution in [0.2, 0.25) is 5.02 Å². The van der Waals surface area contributed by atoms with Crippen LogP contribution in [0.1, 0.15) is 10.4 Å². The van der Waals surface area contributed by atoms with E-state index < -0.39 is 0 Å². The van der Waals surface area contributed by atoms with E-state index in [1.54, 1.807) is 24.3 Å². The van der Waals surface area contributed by atoms with Gasteiger partial charge in [0.25, 0.3) is 5.91 Å². The fraction of sp³-hybridized carbons (Fsp3) is 0. The number of carbonyl (C=O) groups excluding carboxylic acids is 1. The second-order valence-corrected chi connectivity index (χ2v) is 5.82. The summed E-state index contributed by atoms with van der Waals surface area (Å²) in [6.07, 6.45) is 0. The Bertz CT molecular complexity index is 584. The first-order valence-corrected chi connectivity index (χ1v) is 7.04.